The average molecular weight is 296 g/mol. The predicted molar refractivity (Wildman–Crippen MR) is 88.8 cm³/mol. The Kier molecular flexibility index (Phi) is 6.23. The van der Waals surface area contributed by atoms with Crippen molar-refractivity contribution in [3.05, 3.63) is 11.3 Å². The maximum atomic E-state index is 5.08. The number of nitrogens with zero attached hydrogens (tertiary/aromatic N) is 3. The minimum atomic E-state index is 0.216. The zero-order valence-electron chi connectivity index (χ0n) is 14.9. The van der Waals surface area contributed by atoms with E-state index >= 15 is 0 Å². The molecule has 1 rings (SSSR count). The molecule has 0 radical (unpaired) electrons. The summed E-state index contributed by atoms with van der Waals surface area (Å²) in [4.78, 5) is 2.34. The Morgan fingerprint density at radius 3 is 2.52 bits per heavy atom. The summed E-state index contributed by atoms with van der Waals surface area (Å²) in [5.41, 5.74) is 2.57. The zero-order chi connectivity index (χ0) is 16.2. The fraction of sp³-hybridized carbons (Fsp3) is 0.812. The molecule has 0 amide bonds. The Hall–Kier alpha value is -1.07. The first-order valence-electron chi connectivity index (χ1n) is 7.65. The van der Waals surface area contributed by atoms with Gasteiger partial charge in [0.25, 0.3) is 0 Å². The number of anilines is 1. The van der Waals surface area contributed by atoms with E-state index in [2.05, 4.69) is 57.0 Å². The van der Waals surface area contributed by atoms with Crippen molar-refractivity contribution in [1.29, 1.82) is 0 Å². The average Bonchev–Trinajstić information content (AvgIpc) is 2.66. The van der Waals surface area contributed by atoms with E-state index in [1.165, 1.54) is 11.4 Å². The third-order valence-corrected chi connectivity index (χ3v) is 4.27. The van der Waals surface area contributed by atoms with Crippen molar-refractivity contribution in [1.82, 2.24) is 15.1 Å². The molecule has 122 valence electrons. The van der Waals surface area contributed by atoms with Gasteiger partial charge in [0.1, 0.15) is 5.82 Å². The summed E-state index contributed by atoms with van der Waals surface area (Å²) in [7, 11) is 5.90. The first-order chi connectivity index (χ1) is 9.70. The number of aromatic nitrogens is 2. The van der Waals surface area contributed by atoms with Crippen molar-refractivity contribution in [2.24, 2.45) is 12.5 Å². The van der Waals surface area contributed by atoms with Crippen molar-refractivity contribution >= 4 is 5.82 Å². The van der Waals surface area contributed by atoms with Gasteiger partial charge in [-0.2, -0.15) is 5.10 Å². The predicted octanol–water partition coefficient (Wildman–Crippen LogP) is 2.34. The second-order valence-electron chi connectivity index (χ2n) is 6.83. The summed E-state index contributed by atoms with van der Waals surface area (Å²) >= 11 is 0. The third-order valence-electron chi connectivity index (χ3n) is 4.27. The lowest BCUT2D eigenvalue weighted by molar-refractivity contribution is 0.199. The van der Waals surface area contributed by atoms with Crippen LogP contribution in [0, 0.1) is 12.3 Å². The number of hydrogen-bond acceptors (Lipinski definition) is 4. The zero-order valence-corrected chi connectivity index (χ0v) is 14.9. The third kappa shape index (κ3) is 4.45. The summed E-state index contributed by atoms with van der Waals surface area (Å²) in [5, 5.41) is 8.02. The smallest absolute Gasteiger partial charge is 0.131 e. The highest BCUT2D eigenvalue weighted by Gasteiger charge is 2.28. The van der Waals surface area contributed by atoms with Crippen LogP contribution in [0.15, 0.2) is 0 Å². The normalized spacial score (nSPS) is 13.5. The maximum absolute atomic E-state index is 5.08. The Balaban J connectivity index is 2.95. The molecule has 0 saturated carbocycles. The second kappa shape index (κ2) is 7.27. The lowest BCUT2D eigenvalue weighted by Gasteiger charge is -2.37. The highest BCUT2D eigenvalue weighted by Crippen LogP contribution is 2.30. The van der Waals surface area contributed by atoms with Crippen molar-refractivity contribution in [2.45, 2.75) is 47.2 Å². The quantitative estimate of drug-likeness (QED) is 0.784. The van der Waals surface area contributed by atoms with Crippen LogP contribution in [-0.4, -0.2) is 43.1 Å². The van der Waals surface area contributed by atoms with Crippen LogP contribution >= 0.6 is 0 Å². The summed E-state index contributed by atoms with van der Waals surface area (Å²) in [6, 6.07) is 0.421. The first-order valence-corrected chi connectivity index (χ1v) is 7.65. The van der Waals surface area contributed by atoms with E-state index in [0.29, 0.717) is 6.04 Å². The van der Waals surface area contributed by atoms with E-state index in [4.69, 9.17) is 4.74 Å². The number of hydrogen-bond donors (Lipinski definition) is 1. The van der Waals surface area contributed by atoms with Crippen LogP contribution in [0.2, 0.25) is 0 Å². The van der Waals surface area contributed by atoms with Gasteiger partial charge in [-0.3, -0.25) is 4.68 Å². The number of ether oxygens (including phenoxy) is 1. The molecule has 0 saturated heterocycles. The highest BCUT2D eigenvalue weighted by atomic mass is 16.5. The molecular weight excluding hydrogens is 264 g/mol. The molecule has 21 heavy (non-hydrogen) atoms. The highest BCUT2D eigenvalue weighted by molar-refractivity contribution is 5.50. The molecule has 0 spiro atoms. The van der Waals surface area contributed by atoms with Gasteiger partial charge in [-0.25, -0.2) is 0 Å². The van der Waals surface area contributed by atoms with Gasteiger partial charge in [0.15, 0.2) is 0 Å². The Morgan fingerprint density at radius 2 is 2.00 bits per heavy atom. The van der Waals surface area contributed by atoms with Crippen LogP contribution in [0.1, 0.15) is 39.0 Å². The molecule has 0 aliphatic carbocycles. The number of aryl methyl sites for hydroxylation is 2. The Morgan fingerprint density at radius 1 is 1.38 bits per heavy atom. The van der Waals surface area contributed by atoms with Crippen LogP contribution < -0.4 is 10.2 Å². The fourth-order valence-electron chi connectivity index (χ4n) is 2.49. The SMILES string of the molecule is COCCNCc1c(C)nn(C)c1N(C)C(C)C(C)(C)C. The fourth-order valence-corrected chi connectivity index (χ4v) is 2.49. The largest absolute Gasteiger partial charge is 0.383 e. The van der Waals surface area contributed by atoms with Gasteiger partial charge in [-0.1, -0.05) is 20.8 Å². The van der Waals surface area contributed by atoms with Crippen LogP contribution in [0.3, 0.4) is 0 Å². The molecule has 1 N–H and O–H groups in total. The van der Waals surface area contributed by atoms with Gasteiger partial charge >= 0.3 is 0 Å². The Labute approximate surface area is 129 Å². The molecule has 1 heterocycles. The summed E-state index contributed by atoms with van der Waals surface area (Å²) in [6.45, 7) is 13.6. The molecule has 5 heteroatoms. The van der Waals surface area contributed by atoms with Crippen molar-refractivity contribution in [2.75, 3.05) is 32.2 Å². The van der Waals surface area contributed by atoms with Gasteiger partial charge in [-0.05, 0) is 19.3 Å². The molecule has 5 nitrogen and oxygen atoms in total. The van der Waals surface area contributed by atoms with Crippen molar-refractivity contribution in [3.63, 3.8) is 0 Å². The summed E-state index contributed by atoms with van der Waals surface area (Å²) < 4.78 is 7.07. The maximum Gasteiger partial charge on any atom is 0.131 e. The number of nitrogens with one attached hydrogen (secondary N) is 1. The molecule has 0 aromatic carbocycles. The molecule has 0 bridgehead atoms. The van der Waals surface area contributed by atoms with Crippen LogP contribution in [0.4, 0.5) is 5.82 Å². The van der Waals surface area contributed by atoms with Gasteiger partial charge in [0.2, 0.25) is 0 Å². The van der Waals surface area contributed by atoms with E-state index in [1.807, 2.05) is 11.7 Å². The molecule has 0 aliphatic heterocycles. The standard InChI is InChI=1S/C16H32N4O/c1-12-14(11-17-9-10-21-8)15(20(7)18-12)19(6)13(2)16(3,4)5/h13,17H,9-11H2,1-8H3. The molecule has 1 unspecified atom stereocenters. The summed E-state index contributed by atoms with van der Waals surface area (Å²) in [6.07, 6.45) is 0. The number of rotatable bonds is 7. The molecule has 1 atom stereocenters. The lowest BCUT2D eigenvalue weighted by atomic mass is 9.87. The van der Waals surface area contributed by atoms with Gasteiger partial charge in [0, 0.05) is 45.9 Å². The summed E-state index contributed by atoms with van der Waals surface area (Å²) in [5.74, 6) is 1.19. The van der Waals surface area contributed by atoms with Crippen molar-refractivity contribution in [3.8, 4) is 0 Å². The van der Waals surface area contributed by atoms with Gasteiger partial charge in [-0.15, -0.1) is 0 Å². The van der Waals surface area contributed by atoms with E-state index in [0.717, 1.165) is 25.4 Å². The Bertz CT molecular complexity index is 448. The second-order valence-corrected chi connectivity index (χ2v) is 6.83. The lowest BCUT2D eigenvalue weighted by Crippen LogP contribution is -2.41. The minimum Gasteiger partial charge on any atom is -0.383 e. The van der Waals surface area contributed by atoms with Crippen LogP contribution in [0.5, 0.6) is 0 Å². The van der Waals surface area contributed by atoms with E-state index < -0.39 is 0 Å². The minimum absolute atomic E-state index is 0.216. The van der Waals surface area contributed by atoms with Crippen molar-refractivity contribution < 1.29 is 4.74 Å². The van der Waals surface area contributed by atoms with E-state index in [-0.39, 0.29) is 5.41 Å². The van der Waals surface area contributed by atoms with E-state index in [9.17, 15) is 0 Å². The van der Waals surface area contributed by atoms with Crippen LogP contribution in [0.25, 0.3) is 0 Å². The number of methoxy groups -OCH3 is 1. The molecule has 1 aromatic heterocycles. The van der Waals surface area contributed by atoms with Gasteiger partial charge < -0.3 is 15.0 Å². The monoisotopic (exact) mass is 296 g/mol. The topological polar surface area (TPSA) is 42.3 Å². The van der Waals surface area contributed by atoms with Crippen LogP contribution in [-0.2, 0) is 18.3 Å². The molecule has 0 fully saturated rings. The van der Waals surface area contributed by atoms with E-state index in [1.54, 1.807) is 7.11 Å². The first kappa shape index (κ1) is 18.0. The molecule has 1 aromatic rings. The van der Waals surface area contributed by atoms with Gasteiger partial charge in [0.05, 0.1) is 12.3 Å². The molecule has 0 aliphatic rings. The molecular formula is C16H32N4O.